The fourth-order valence-electron chi connectivity index (χ4n) is 2.60. The van der Waals surface area contributed by atoms with Gasteiger partial charge in [-0.15, -0.1) is 0 Å². The molecule has 0 unspecified atom stereocenters. The number of aliphatic hydroxyl groups excluding tert-OH is 1. The Morgan fingerprint density at radius 1 is 1.16 bits per heavy atom. The highest BCUT2D eigenvalue weighted by molar-refractivity contribution is 5.70. The summed E-state index contributed by atoms with van der Waals surface area (Å²) in [7, 11) is 0. The summed E-state index contributed by atoms with van der Waals surface area (Å²) in [5.74, 6) is 1.35. The van der Waals surface area contributed by atoms with E-state index in [1.165, 1.54) is 0 Å². The maximum Gasteiger partial charge on any atom is 0.225 e. The molecule has 0 fully saturated rings. The van der Waals surface area contributed by atoms with E-state index in [0.717, 1.165) is 48.8 Å². The standard InChI is InChI=1S/C17H31N7O/c1-5-8-21-24-10-13-15(14(11-24)18-6-2)22-17(20-9-12(4)25)23-16(13)19-7-3/h11-12,18,21,25H,5-10H2,1-4H3,(H2,19,20,22,23)/t12-/m0/s1. The third kappa shape index (κ3) is 5.20. The Hall–Kier alpha value is -2.06. The number of aromatic nitrogens is 2. The lowest BCUT2D eigenvalue weighted by Gasteiger charge is -2.30. The topological polar surface area (TPSA) is 97.4 Å². The summed E-state index contributed by atoms with van der Waals surface area (Å²) in [5.41, 5.74) is 6.34. The smallest absolute Gasteiger partial charge is 0.225 e. The number of anilines is 2. The van der Waals surface area contributed by atoms with Crippen LogP contribution in [-0.4, -0.2) is 52.4 Å². The molecule has 1 atom stereocenters. The van der Waals surface area contributed by atoms with Crippen molar-refractivity contribution in [1.82, 2.24) is 25.7 Å². The summed E-state index contributed by atoms with van der Waals surface area (Å²) in [5, 5.41) is 21.4. The summed E-state index contributed by atoms with van der Waals surface area (Å²) in [6.07, 6.45) is 2.66. The zero-order valence-corrected chi connectivity index (χ0v) is 15.7. The molecule has 1 aromatic heterocycles. The number of nitrogens with zero attached hydrogens (tertiary/aromatic N) is 3. The van der Waals surface area contributed by atoms with Gasteiger partial charge in [0.05, 0.1) is 18.3 Å². The molecule has 8 heteroatoms. The minimum atomic E-state index is -0.459. The molecule has 0 spiro atoms. The van der Waals surface area contributed by atoms with Gasteiger partial charge in [0.1, 0.15) is 11.5 Å². The van der Waals surface area contributed by atoms with Crippen molar-refractivity contribution >= 4 is 17.5 Å². The minimum absolute atomic E-state index is 0.411. The molecular formula is C17H31N7O. The Kier molecular flexibility index (Phi) is 7.27. The van der Waals surface area contributed by atoms with Gasteiger partial charge in [0.25, 0.3) is 0 Å². The van der Waals surface area contributed by atoms with Crippen LogP contribution in [0.2, 0.25) is 0 Å². The number of fused-ring (bicyclic) bond motifs is 1. The lowest BCUT2D eigenvalue weighted by molar-refractivity contribution is 0.208. The van der Waals surface area contributed by atoms with Crippen LogP contribution in [0.1, 0.15) is 45.4 Å². The molecule has 0 bridgehead atoms. The van der Waals surface area contributed by atoms with Gasteiger partial charge in [0.2, 0.25) is 5.95 Å². The average Bonchev–Trinajstić information content (AvgIpc) is 2.59. The number of rotatable bonds is 10. The van der Waals surface area contributed by atoms with Crippen LogP contribution in [0.25, 0.3) is 5.70 Å². The minimum Gasteiger partial charge on any atom is -0.392 e. The van der Waals surface area contributed by atoms with E-state index in [9.17, 15) is 5.11 Å². The Balaban J connectivity index is 2.37. The van der Waals surface area contributed by atoms with Crippen molar-refractivity contribution in [2.24, 2.45) is 0 Å². The summed E-state index contributed by atoms with van der Waals surface area (Å²) in [6.45, 7) is 11.6. The van der Waals surface area contributed by atoms with Crippen LogP contribution in [0.3, 0.4) is 0 Å². The van der Waals surface area contributed by atoms with Crippen LogP contribution in [0.5, 0.6) is 0 Å². The van der Waals surface area contributed by atoms with Crippen molar-refractivity contribution in [3.8, 4) is 0 Å². The quantitative estimate of drug-likeness (QED) is 0.432. The second kappa shape index (κ2) is 9.43. The molecule has 0 amide bonds. The molecule has 0 saturated carbocycles. The van der Waals surface area contributed by atoms with Gasteiger partial charge in [-0.1, -0.05) is 6.92 Å². The van der Waals surface area contributed by atoms with Crippen LogP contribution in [0.4, 0.5) is 11.8 Å². The second-order valence-corrected chi connectivity index (χ2v) is 6.09. The Morgan fingerprint density at radius 3 is 2.56 bits per heavy atom. The van der Waals surface area contributed by atoms with Gasteiger partial charge < -0.3 is 26.1 Å². The highest BCUT2D eigenvalue weighted by Gasteiger charge is 2.23. The molecule has 8 nitrogen and oxygen atoms in total. The number of hydrogen-bond acceptors (Lipinski definition) is 8. The molecule has 0 aliphatic carbocycles. The Morgan fingerprint density at radius 2 is 1.92 bits per heavy atom. The molecule has 25 heavy (non-hydrogen) atoms. The van der Waals surface area contributed by atoms with Gasteiger partial charge in [-0.05, 0) is 27.2 Å². The molecule has 0 saturated heterocycles. The number of hydrogen-bond donors (Lipinski definition) is 5. The fraction of sp³-hybridized carbons (Fsp3) is 0.647. The van der Waals surface area contributed by atoms with E-state index in [0.29, 0.717) is 19.0 Å². The molecule has 1 aliphatic rings. The first-order valence-electron chi connectivity index (χ1n) is 9.11. The molecule has 2 rings (SSSR count). The van der Waals surface area contributed by atoms with Gasteiger partial charge in [-0.3, -0.25) is 0 Å². The molecule has 1 aliphatic heterocycles. The Bertz CT molecular complexity index is 589. The summed E-state index contributed by atoms with van der Waals surface area (Å²) in [6, 6.07) is 0. The van der Waals surface area contributed by atoms with Gasteiger partial charge in [0, 0.05) is 37.9 Å². The van der Waals surface area contributed by atoms with E-state index in [1.807, 2.05) is 6.92 Å². The van der Waals surface area contributed by atoms with E-state index < -0.39 is 6.10 Å². The first-order valence-corrected chi connectivity index (χ1v) is 9.11. The van der Waals surface area contributed by atoms with Gasteiger partial charge >= 0.3 is 0 Å². The van der Waals surface area contributed by atoms with E-state index >= 15 is 0 Å². The van der Waals surface area contributed by atoms with Crippen molar-refractivity contribution < 1.29 is 5.11 Å². The van der Waals surface area contributed by atoms with Crippen molar-refractivity contribution in [1.29, 1.82) is 0 Å². The van der Waals surface area contributed by atoms with Gasteiger partial charge in [0.15, 0.2) is 0 Å². The van der Waals surface area contributed by atoms with Gasteiger partial charge in [-0.2, -0.15) is 4.98 Å². The average molecular weight is 349 g/mol. The van der Waals surface area contributed by atoms with Crippen LogP contribution in [0, 0.1) is 0 Å². The zero-order valence-electron chi connectivity index (χ0n) is 15.7. The monoisotopic (exact) mass is 349 g/mol. The van der Waals surface area contributed by atoms with Crippen LogP contribution in [-0.2, 0) is 6.54 Å². The Labute approximate surface area is 150 Å². The lowest BCUT2D eigenvalue weighted by atomic mass is 10.1. The van der Waals surface area contributed by atoms with E-state index in [2.05, 4.69) is 56.4 Å². The number of aliphatic hydroxyl groups is 1. The molecule has 0 aromatic carbocycles. The summed E-state index contributed by atoms with van der Waals surface area (Å²) in [4.78, 5) is 9.29. The maximum absolute atomic E-state index is 9.51. The SMILES string of the molecule is CCCNN1C=C(NCC)c2nc(NC[C@H](C)O)nc(NCC)c2C1. The third-order valence-corrected chi connectivity index (χ3v) is 3.71. The molecule has 0 radical (unpaired) electrons. The lowest BCUT2D eigenvalue weighted by Crippen LogP contribution is -2.38. The molecule has 1 aromatic rings. The van der Waals surface area contributed by atoms with Crippen LogP contribution in [0.15, 0.2) is 6.20 Å². The normalized spacial score (nSPS) is 14.6. The van der Waals surface area contributed by atoms with E-state index in [4.69, 9.17) is 0 Å². The molecular weight excluding hydrogens is 318 g/mol. The van der Waals surface area contributed by atoms with Crippen molar-refractivity contribution in [2.75, 3.05) is 36.8 Å². The zero-order chi connectivity index (χ0) is 18.2. The molecule has 2 heterocycles. The second-order valence-electron chi connectivity index (χ2n) is 6.09. The number of nitrogens with one attached hydrogen (secondary N) is 4. The maximum atomic E-state index is 9.51. The third-order valence-electron chi connectivity index (χ3n) is 3.71. The van der Waals surface area contributed by atoms with Crippen molar-refractivity contribution in [3.63, 3.8) is 0 Å². The first kappa shape index (κ1) is 19.3. The largest absolute Gasteiger partial charge is 0.392 e. The predicted molar refractivity (Wildman–Crippen MR) is 102 cm³/mol. The van der Waals surface area contributed by atoms with Gasteiger partial charge in [-0.25, -0.2) is 10.4 Å². The highest BCUT2D eigenvalue weighted by atomic mass is 16.3. The fourth-order valence-corrected chi connectivity index (χ4v) is 2.60. The van der Waals surface area contributed by atoms with Crippen molar-refractivity contribution in [2.45, 2.75) is 46.8 Å². The van der Waals surface area contributed by atoms with E-state index in [-0.39, 0.29) is 0 Å². The van der Waals surface area contributed by atoms with E-state index in [1.54, 1.807) is 6.92 Å². The van der Waals surface area contributed by atoms with Crippen LogP contribution < -0.4 is 21.4 Å². The summed E-state index contributed by atoms with van der Waals surface area (Å²) < 4.78 is 0. The summed E-state index contributed by atoms with van der Waals surface area (Å²) >= 11 is 0. The van der Waals surface area contributed by atoms with Crippen LogP contribution >= 0.6 is 0 Å². The first-order chi connectivity index (χ1) is 12.1. The molecule has 5 N–H and O–H groups in total. The number of hydrazine groups is 1. The predicted octanol–water partition coefficient (Wildman–Crippen LogP) is 1.34. The highest BCUT2D eigenvalue weighted by Crippen LogP contribution is 2.28. The molecule has 140 valence electrons. The van der Waals surface area contributed by atoms with Crippen molar-refractivity contribution in [3.05, 3.63) is 17.5 Å².